The molecule has 0 unspecified atom stereocenters. The number of anilines is 1. The minimum atomic E-state index is -0.566. The molecule has 0 aliphatic rings. The third-order valence-corrected chi connectivity index (χ3v) is 5.94. The van der Waals surface area contributed by atoms with E-state index in [1.54, 1.807) is 54.6 Å². The van der Waals surface area contributed by atoms with Crippen LogP contribution in [0.3, 0.4) is 0 Å². The quantitative estimate of drug-likeness (QED) is 0.237. The fourth-order valence-corrected chi connectivity index (χ4v) is 3.89. The monoisotopic (exact) mass is 564 g/mol. The van der Waals surface area contributed by atoms with E-state index < -0.39 is 5.91 Å². The maximum Gasteiger partial charge on any atom is 0.266 e. The number of nitrogens with zero attached hydrogens (tertiary/aromatic N) is 1. The van der Waals surface area contributed by atoms with Gasteiger partial charge < -0.3 is 14.8 Å². The van der Waals surface area contributed by atoms with Crippen molar-refractivity contribution in [3.8, 4) is 17.6 Å². The summed E-state index contributed by atoms with van der Waals surface area (Å²) >= 11 is 21.5. The van der Waals surface area contributed by atoms with E-state index in [0.717, 1.165) is 5.56 Å². The molecule has 1 amide bonds. The van der Waals surface area contributed by atoms with E-state index in [1.165, 1.54) is 13.2 Å². The number of carbonyl (C=O) groups is 1. The van der Waals surface area contributed by atoms with Gasteiger partial charge in [0.2, 0.25) is 0 Å². The average Bonchev–Trinajstić information content (AvgIpc) is 2.77. The van der Waals surface area contributed by atoms with Crippen molar-refractivity contribution in [1.29, 1.82) is 5.26 Å². The number of nitriles is 1. The molecule has 3 aromatic rings. The fourth-order valence-electron chi connectivity index (χ4n) is 2.80. The van der Waals surface area contributed by atoms with Gasteiger partial charge in [0.1, 0.15) is 18.2 Å². The summed E-state index contributed by atoms with van der Waals surface area (Å²) < 4.78 is 11.9. The van der Waals surface area contributed by atoms with Gasteiger partial charge in [0, 0.05) is 30.8 Å². The number of amides is 1. The molecule has 0 aliphatic carbocycles. The van der Waals surface area contributed by atoms with Crippen molar-refractivity contribution in [3.63, 3.8) is 0 Å². The molecule has 0 saturated heterocycles. The van der Waals surface area contributed by atoms with Gasteiger partial charge in [-0.2, -0.15) is 5.26 Å². The second-order valence-electron chi connectivity index (χ2n) is 6.68. The third kappa shape index (κ3) is 6.66. The lowest BCUT2D eigenvalue weighted by Crippen LogP contribution is -2.13. The Bertz CT molecular complexity index is 1270. The zero-order valence-electron chi connectivity index (χ0n) is 17.2. The molecule has 0 bridgehead atoms. The Morgan fingerprint density at radius 3 is 2.52 bits per heavy atom. The number of hydrogen-bond donors (Lipinski definition) is 1. The number of halogens is 4. The van der Waals surface area contributed by atoms with Crippen molar-refractivity contribution < 1.29 is 14.3 Å². The van der Waals surface area contributed by atoms with E-state index in [-0.39, 0.29) is 12.2 Å². The summed E-state index contributed by atoms with van der Waals surface area (Å²) in [5.74, 6) is 0.305. The minimum absolute atomic E-state index is 0.0978. The van der Waals surface area contributed by atoms with Gasteiger partial charge >= 0.3 is 0 Å². The van der Waals surface area contributed by atoms with Crippen LogP contribution < -0.4 is 14.8 Å². The van der Waals surface area contributed by atoms with Crippen molar-refractivity contribution in [2.45, 2.75) is 6.61 Å². The van der Waals surface area contributed by atoms with Gasteiger partial charge in [-0.05, 0) is 54.1 Å². The van der Waals surface area contributed by atoms with E-state index >= 15 is 0 Å². The van der Waals surface area contributed by atoms with Gasteiger partial charge in [0.05, 0.1) is 7.11 Å². The molecule has 1 N–H and O–H groups in total. The van der Waals surface area contributed by atoms with Gasteiger partial charge in [-0.1, -0.05) is 62.9 Å². The maximum absolute atomic E-state index is 12.6. The van der Waals surface area contributed by atoms with Crippen molar-refractivity contribution >= 4 is 68.4 Å². The Kier molecular flexibility index (Phi) is 8.65. The predicted octanol–water partition coefficient (Wildman–Crippen LogP) is 7.54. The van der Waals surface area contributed by atoms with Crippen molar-refractivity contribution in [3.05, 3.63) is 90.8 Å². The fraction of sp³-hybridized carbons (Fsp3) is 0.0833. The van der Waals surface area contributed by atoms with Crippen LogP contribution in [0.5, 0.6) is 11.5 Å². The molecular weight excluding hydrogens is 551 g/mol. The highest BCUT2D eigenvalue weighted by molar-refractivity contribution is 9.10. The minimum Gasteiger partial charge on any atom is -0.493 e. The van der Waals surface area contributed by atoms with Crippen molar-refractivity contribution in [2.75, 3.05) is 12.4 Å². The molecule has 168 valence electrons. The van der Waals surface area contributed by atoms with Gasteiger partial charge in [-0.3, -0.25) is 4.79 Å². The molecule has 3 rings (SSSR count). The normalized spacial score (nSPS) is 11.0. The van der Waals surface area contributed by atoms with Crippen LogP contribution >= 0.6 is 50.7 Å². The first-order chi connectivity index (χ1) is 15.8. The zero-order chi connectivity index (χ0) is 24.0. The Morgan fingerprint density at radius 2 is 1.85 bits per heavy atom. The molecule has 33 heavy (non-hydrogen) atoms. The summed E-state index contributed by atoms with van der Waals surface area (Å²) in [6.07, 6.45) is 1.45. The molecule has 0 atom stereocenters. The van der Waals surface area contributed by atoms with Crippen LogP contribution in [0.15, 0.2) is 64.6 Å². The highest BCUT2D eigenvalue weighted by Crippen LogP contribution is 2.35. The van der Waals surface area contributed by atoms with E-state index in [2.05, 4.69) is 21.2 Å². The summed E-state index contributed by atoms with van der Waals surface area (Å²) in [5.41, 5.74) is 1.70. The largest absolute Gasteiger partial charge is 0.493 e. The van der Waals surface area contributed by atoms with Crippen LogP contribution in [-0.2, 0) is 11.4 Å². The number of carbonyl (C=O) groups excluding carboxylic acids is 1. The SMILES string of the molecule is COc1cc(C=C(C#N)C(=O)Nc2cccc(Cl)c2)c(Br)cc1OCc1ccc(Cl)cc1Cl. The molecular formula is C24H16BrCl3N2O3. The zero-order valence-corrected chi connectivity index (χ0v) is 21.0. The van der Waals surface area contributed by atoms with Crippen molar-refractivity contribution in [1.82, 2.24) is 0 Å². The molecule has 0 heterocycles. The van der Waals surface area contributed by atoms with E-state index in [0.29, 0.717) is 42.3 Å². The Balaban J connectivity index is 1.83. The molecule has 0 aromatic heterocycles. The topological polar surface area (TPSA) is 71.3 Å². The highest BCUT2D eigenvalue weighted by Gasteiger charge is 2.14. The lowest BCUT2D eigenvalue weighted by Gasteiger charge is -2.14. The van der Waals surface area contributed by atoms with Gasteiger partial charge in [-0.25, -0.2) is 0 Å². The number of benzene rings is 3. The molecule has 0 spiro atoms. The average molecular weight is 567 g/mol. The van der Waals surface area contributed by atoms with E-state index in [9.17, 15) is 10.1 Å². The van der Waals surface area contributed by atoms with Crippen LogP contribution in [0.1, 0.15) is 11.1 Å². The predicted molar refractivity (Wildman–Crippen MR) is 135 cm³/mol. The summed E-state index contributed by atoms with van der Waals surface area (Å²) in [6.45, 7) is 0.194. The van der Waals surface area contributed by atoms with Crippen molar-refractivity contribution in [2.24, 2.45) is 0 Å². The summed E-state index contributed by atoms with van der Waals surface area (Å²) in [5, 5.41) is 13.7. The Labute approximate surface area is 214 Å². The van der Waals surface area contributed by atoms with Gasteiger partial charge in [0.15, 0.2) is 11.5 Å². The number of methoxy groups -OCH3 is 1. The maximum atomic E-state index is 12.6. The first-order valence-corrected chi connectivity index (χ1v) is 11.4. The molecule has 3 aromatic carbocycles. The van der Waals surface area contributed by atoms with Crippen LogP contribution in [0.25, 0.3) is 6.08 Å². The summed E-state index contributed by atoms with van der Waals surface area (Å²) in [6, 6.07) is 17.1. The second kappa shape index (κ2) is 11.4. The number of nitrogens with one attached hydrogen (secondary N) is 1. The Morgan fingerprint density at radius 1 is 1.09 bits per heavy atom. The smallest absolute Gasteiger partial charge is 0.266 e. The molecule has 0 saturated carbocycles. The van der Waals surface area contributed by atoms with Gasteiger partial charge in [-0.15, -0.1) is 0 Å². The second-order valence-corrected chi connectivity index (χ2v) is 8.82. The standard InChI is InChI=1S/C24H16BrCl3N2O3/c1-32-22-8-15(7-16(12-29)24(31)30-19-4-2-3-17(26)9-19)20(25)11-23(22)33-13-14-5-6-18(27)10-21(14)28/h2-11H,13H2,1H3,(H,30,31). The molecule has 5 nitrogen and oxygen atoms in total. The lowest BCUT2D eigenvalue weighted by atomic mass is 10.1. The van der Waals surface area contributed by atoms with E-state index in [1.807, 2.05) is 6.07 Å². The van der Waals surface area contributed by atoms with Crippen LogP contribution in [0.4, 0.5) is 5.69 Å². The molecule has 0 radical (unpaired) electrons. The molecule has 0 aliphatic heterocycles. The van der Waals surface area contributed by atoms with Crippen LogP contribution in [0, 0.1) is 11.3 Å². The first kappa shape index (κ1) is 24.9. The summed E-state index contributed by atoms with van der Waals surface area (Å²) in [4.78, 5) is 12.6. The van der Waals surface area contributed by atoms with Crippen LogP contribution in [0.2, 0.25) is 15.1 Å². The molecule has 9 heteroatoms. The molecule has 0 fully saturated rings. The lowest BCUT2D eigenvalue weighted by molar-refractivity contribution is -0.112. The number of hydrogen-bond acceptors (Lipinski definition) is 4. The summed E-state index contributed by atoms with van der Waals surface area (Å²) in [7, 11) is 1.50. The highest BCUT2D eigenvalue weighted by atomic mass is 79.9. The third-order valence-electron chi connectivity index (χ3n) is 4.43. The number of rotatable bonds is 7. The van der Waals surface area contributed by atoms with Crippen LogP contribution in [-0.4, -0.2) is 13.0 Å². The van der Waals surface area contributed by atoms with E-state index in [4.69, 9.17) is 44.3 Å². The first-order valence-electron chi connectivity index (χ1n) is 9.43. The van der Waals surface area contributed by atoms with Gasteiger partial charge in [0.25, 0.3) is 5.91 Å². The Hall–Kier alpha value is -2.69. The number of ether oxygens (including phenoxy) is 2.